The Hall–Kier alpha value is -1.46. The van der Waals surface area contributed by atoms with Crippen LogP contribution in [0.25, 0.3) is 0 Å². The lowest BCUT2D eigenvalue weighted by Crippen LogP contribution is -2.09. The number of nitrogens with one attached hydrogen (secondary N) is 1. The number of pyridine rings is 1. The first kappa shape index (κ1) is 13.0. The van der Waals surface area contributed by atoms with Gasteiger partial charge < -0.3 is 11.1 Å². The zero-order valence-corrected chi connectivity index (χ0v) is 12.2. The molecule has 0 aliphatic rings. The first-order chi connectivity index (χ1) is 8.58. The molecular formula is C13H12BrN3S. The molecule has 0 saturated heterocycles. The molecule has 0 saturated carbocycles. The Kier molecular flexibility index (Phi) is 3.93. The van der Waals surface area contributed by atoms with Crippen LogP contribution in [0.4, 0.5) is 11.5 Å². The van der Waals surface area contributed by atoms with E-state index in [4.69, 9.17) is 18.0 Å². The predicted octanol–water partition coefficient (Wildman–Crippen LogP) is 3.53. The summed E-state index contributed by atoms with van der Waals surface area (Å²) in [7, 11) is 0. The van der Waals surface area contributed by atoms with Gasteiger partial charge in [-0.2, -0.15) is 0 Å². The molecule has 1 aromatic carbocycles. The Morgan fingerprint density at radius 2 is 2.17 bits per heavy atom. The van der Waals surface area contributed by atoms with Crippen molar-refractivity contribution in [2.45, 2.75) is 6.92 Å². The molecule has 3 nitrogen and oxygen atoms in total. The number of thiocarbonyl (C=S) groups is 1. The molecule has 0 amide bonds. The van der Waals surface area contributed by atoms with Gasteiger partial charge >= 0.3 is 0 Å². The van der Waals surface area contributed by atoms with Crippen LogP contribution in [0.5, 0.6) is 0 Å². The van der Waals surface area contributed by atoms with E-state index in [0.717, 1.165) is 21.3 Å². The fourth-order valence-corrected chi connectivity index (χ4v) is 2.02. The zero-order chi connectivity index (χ0) is 13.1. The average molecular weight is 322 g/mol. The minimum absolute atomic E-state index is 0.365. The van der Waals surface area contributed by atoms with Gasteiger partial charge in [0.2, 0.25) is 0 Å². The molecule has 2 rings (SSSR count). The van der Waals surface area contributed by atoms with Crippen molar-refractivity contribution >= 4 is 44.6 Å². The summed E-state index contributed by atoms with van der Waals surface area (Å²) in [5.74, 6) is 0.714. The van der Waals surface area contributed by atoms with Gasteiger partial charge in [-0.25, -0.2) is 4.98 Å². The standard InChI is InChI=1S/C13H12BrN3S/c1-8-3-2-4-10(12(8)14)17-11-7-9(13(15)18)5-6-16-11/h2-7H,1H3,(H2,15,18)(H,16,17). The molecular weight excluding hydrogens is 310 g/mol. The van der Waals surface area contributed by atoms with Gasteiger partial charge in [-0.3, -0.25) is 0 Å². The van der Waals surface area contributed by atoms with Crippen molar-refractivity contribution < 1.29 is 0 Å². The van der Waals surface area contributed by atoms with Crippen LogP contribution in [0.1, 0.15) is 11.1 Å². The lowest BCUT2D eigenvalue weighted by atomic mass is 10.2. The normalized spacial score (nSPS) is 10.1. The maximum atomic E-state index is 5.60. The molecule has 1 heterocycles. The van der Waals surface area contributed by atoms with E-state index in [1.165, 1.54) is 0 Å². The highest BCUT2D eigenvalue weighted by Gasteiger charge is 2.04. The second-order valence-electron chi connectivity index (χ2n) is 3.86. The highest BCUT2D eigenvalue weighted by Crippen LogP contribution is 2.28. The van der Waals surface area contributed by atoms with Crippen LogP contribution in [0.15, 0.2) is 41.0 Å². The van der Waals surface area contributed by atoms with E-state index in [2.05, 4.69) is 26.2 Å². The summed E-state index contributed by atoms with van der Waals surface area (Å²) in [6, 6.07) is 9.62. The summed E-state index contributed by atoms with van der Waals surface area (Å²) in [6.07, 6.45) is 1.68. The molecule has 0 fully saturated rings. The molecule has 0 unspecified atom stereocenters. The van der Waals surface area contributed by atoms with Crippen molar-refractivity contribution in [3.8, 4) is 0 Å². The summed E-state index contributed by atoms with van der Waals surface area (Å²) in [5, 5.41) is 3.24. The molecule has 92 valence electrons. The van der Waals surface area contributed by atoms with Crippen molar-refractivity contribution in [2.75, 3.05) is 5.32 Å². The zero-order valence-electron chi connectivity index (χ0n) is 9.77. The number of hydrogen-bond acceptors (Lipinski definition) is 3. The lowest BCUT2D eigenvalue weighted by molar-refractivity contribution is 1.29. The molecule has 0 atom stereocenters. The molecule has 0 spiro atoms. The largest absolute Gasteiger partial charge is 0.389 e. The summed E-state index contributed by atoms with van der Waals surface area (Å²) in [4.78, 5) is 4.61. The van der Waals surface area contributed by atoms with Crippen LogP contribution in [-0.2, 0) is 0 Å². The first-order valence-corrected chi connectivity index (χ1v) is 6.56. The van der Waals surface area contributed by atoms with Crippen LogP contribution in [0, 0.1) is 6.92 Å². The number of aromatic nitrogens is 1. The summed E-state index contributed by atoms with van der Waals surface area (Å²) in [6.45, 7) is 2.04. The van der Waals surface area contributed by atoms with E-state index in [1.54, 1.807) is 12.3 Å². The monoisotopic (exact) mass is 321 g/mol. The Labute approximate surface area is 120 Å². The van der Waals surface area contributed by atoms with Gasteiger partial charge in [-0.15, -0.1) is 0 Å². The molecule has 0 radical (unpaired) electrons. The number of hydrogen-bond donors (Lipinski definition) is 2. The highest BCUT2D eigenvalue weighted by molar-refractivity contribution is 9.10. The highest BCUT2D eigenvalue weighted by atomic mass is 79.9. The second kappa shape index (κ2) is 5.46. The SMILES string of the molecule is Cc1cccc(Nc2cc(C(N)=S)ccn2)c1Br. The van der Waals surface area contributed by atoms with Crippen LogP contribution >= 0.6 is 28.1 Å². The van der Waals surface area contributed by atoms with E-state index in [1.807, 2.05) is 31.2 Å². The molecule has 0 bridgehead atoms. The van der Waals surface area contributed by atoms with Crippen LogP contribution in [0.2, 0.25) is 0 Å². The minimum atomic E-state index is 0.365. The van der Waals surface area contributed by atoms with E-state index in [-0.39, 0.29) is 0 Å². The number of rotatable bonds is 3. The molecule has 2 aromatic rings. The van der Waals surface area contributed by atoms with Gasteiger partial charge in [0.25, 0.3) is 0 Å². The van der Waals surface area contributed by atoms with Gasteiger partial charge in [0.1, 0.15) is 10.8 Å². The molecule has 5 heteroatoms. The fraction of sp³-hybridized carbons (Fsp3) is 0.0769. The number of halogens is 1. The van der Waals surface area contributed by atoms with Crippen LogP contribution in [0.3, 0.4) is 0 Å². The topological polar surface area (TPSA) is 50.9 Å². The van der Waals surface area contributed by atoms with Crippen LogP contribution < -0.4 is 11.1 Å². The Bertz CT molecular complexity index is 599. The quantitative estimate of drug-likeness (QED) is 0.849. The second-order valence-corrected chi connectivity index (χ2v) is 5.09. The summed E-state index contributed by atoms with van der Waals surface area (Å²) >= 11 is 8.49. The summed E-state index contributed by atoms with van der Waals surface area (Å²) < 4.78 is 1.02. The maximum absolute atomic E-state index is 5.60. The predicted molar refractivity (Wildman–Crippen MR) is 82.3 cm³/mol. The van der Waals surface area contributed by atoms with Crippen molar-refractivity contribution in [1.82, 2.24) is 4.98 Å². The van der Waals surface area contributed by atoms with Gasteiger partial charge in [0, 0.05) is 16.2 Å². The third-order valence-corrected chi connectivity index (χ3v) is 3.79. The van der Waals surface area contributed by atoms with Crippen molar-refractivity contribution in [2.24, 2.45) is 5.73 Å². The summed E-state index contributed by atoms with van der Waals surface area (Å²) in [5.41, 5.74) is 8.51. The lowest BCUT2D eigenvalue weighted by Gasteiger charge is -2.10. The van der Waals surface area contributed by atoms with Gasteiger partial charge in [0.05, 0.1) is 5.69 Å². The first-order valence-electron chi connectivity index (χ1n) is 5.36. The Morgan fingerprint density at radius 3 is 2.89 bits per heavy atom. The molecule has 1 aromatic heterocycles. The molecule has 0 aliphatic carbocycles. The Balaban J connectivity index is 2.31. The van der Waals surface area contributed by atoms with Crippen molar-refractivity contribution in [1.29, 1.82) is 0 Å². The number of benzene rings is 1. The molecule has 18 heavy (non-hydrogen) atoms. The number of nitrogens with two attached hydrogens (primary N) is 1. The van der Waals surface area contributed by atoms with E-state index in [9.17, 15) is 0 Å². The van der Waals surface area contributed by atoms with Crippen molar-refractivity contribution in [3.05, 3.63) is 52.1 Å². The minimum Gasteiger partial charge on any atom is -0.389 e. The van der Waals surface area contributed by atoms with Gasteiger partial charge in [-0.05, 0) is 46.6 Å². The van der Waals surface area contributed by atoms with Gasteiger partial charge in [-0.1, -0.05) is 24.4 Å². The third-order valence-electron chi connectivity index (χ3n) is 2.50. The van der Waals surface area contributed by atoms with E-state index < -0.39 is 0 Å². The Morgan fingerprint density at radius 1 is 1.39 bits per heavy atom. The average Bonchev–Trinajstić information content (AvgIpc) is 2.35. The number of aryl methyl sites for hydroxylation is 1. The van der Waals surface area contributed by atoms with Crippen molar-refractivity contribution in [3.63, 3.8) is 0 Å². The van der Waals surface area contributed by atoms with E-state index >= 15 is 0 Å². The fourth-order valence-electron chi connectivity index (χ4n) is 1.53. The number of anilines is 2. The van der Waals surface area contributed by atoms with Crippen LogP contribution in [-0.4, -0.2) is 9.97 Å². The maximum Gasteiger partial charge on any atom is 0.131 e. The molecule has 0 aliphatic heterocycles. The smallest absolute Gasteiger partial charge is 0.131 e. The van der Waals surface area contributed by atoms with Gasteiger partial charge in [0.15, 0.2) is 0 Å². The van der Waals surface area contributed by atoms with E-state index in [0.29, 0.717) is 10.8 Å². The third kappa shape index (κ3) is 2.86. The number of nitrogens with zero attached hydrogens (tertiary/aromatic N) is 1. The molecule has 3 N–H and O–H groups in total.